The predicted molar refractivity (Wildman–Crippen MR) is 76.0 cm³/mol. The Bertz CT molecular complexity index is 524. The van der Waals surface area contributed by atoms with Gasteiger partial charge in [-0.2, -0.15) is 5.10 Å². The van der Waals surface area contributed by atoms with E-state index in [1.54, 1.807) is 0 Å². The van der Waals surface area contributed by atoms with E-state index in [0.29, 0.717) is 0 Å². The van der Waals surface area contributed by atoms with E-state index in [1.165, 1.54) is 5.69 Å². The molecule has 0 saturated carbocycles. The predicted octanol–water partition coefficient (Wildman–Crippen LogP) is 1.60. The van der Waals surface area contributed by atoms with Crippen LogP contribution in [0.25, 0.3) is 0 Å². The van der Waals surface area contributed by atoms with Crippen LogP contribution in [0.2, 0.25) is 0 Å². The zero-order valence-corrected chi connectivity index (χ0v) is 12.0. The van der Waals surface area contributed by atoms with Crippen molar-refractivity contribution in [2.24, 2.45) is 5.73 Å². The van der Waals surface area contributed by atoms with Gasteiger partial charge >= 0.3 is 0 Å². The number of aryl methyl sites for hydroxylation is 2. The lowest BCUT2D eigenvalue weighted by Crippen LogP contribution is -2.17. The summed E-state index contributed by atoms with van der Waals surface area (Å²) in [5.74, 6) is 0. The fraction of sp³-hybridized carbons (Fsp3) is 0.571. The van der Waals surface area contributed by atoms with Crippen LogP contribution in [0.3, 0.4) is 0 Å². The molecule has 0 amide bonds. The van der Waals surface area contributed by atoms with Crippen molar-refractivity contribution >= 4 is 0 Å². The quantitative estimate of drug-likeness (QED) is 0.859. The first-order valence-corrected chi connectivity index (χ1v) is 6.94. The lowest BCUT2D eigenvalue weighted by atomic mass is 10.2. The smallest absolute Gasteiger partial charge is 0.0953 e. The van der Waals surface area contributed by atoms with Crippen LogP contribution in [0.1, 0.15) is 37.9 Å². The molecule has 2 N–H and O–H groups in total. The fourth-order valence-electron chi connectivity index (χ4n) is 2.20. The summed E-state index contributed by atoms with van der Waals surface area (Å²) in [4.78, 5) is 4.39. The van der Waals surface area contributed by atoms with E-state index < -0.39 is 0 Å². The van der Waals surface area contributed by atoms with Gasteiger partial charge in [-0.25, -0.2) is 4.98 Å². The number of rotatable bonds is 6. The van der Waals surface area contributed by atoms with Crippen LogP contribution in [0.5, 0.6) is 0 Å². The Morgan fingerprint density at radius 1 is 1.32 bits per heavy atom. The Hall–Kier alpha value is -1.62. The molecule has 1 atom stereocenters. The zero-order valence-electron chi connectivity index (χ0n) is 12.0. The molecule has 0 aliphatic carbocycles. The van der Waals surface area contributed by atoms with Crippen LogP contribution in [-0.2, 0) is 25.9 Å². The molecule has 5 nitrogen and oxygen atoms in total. The molecular weight excluding hydrogens is 238 g/mol. The Morgan fingerprint density at radius 3 is 2.74 bits per heavy atom. The molecule has 104 valence electrons. The SMILES string of the molecule is CCc1cc(Cn2cnc(CC(C)N)c2)n(CC)n1. The van der Waals surface area contributed by atoms with Crippen molar-refractivity contribution in [3.63, 3.8) is 0 Å². The van der Waals surface area contributed by atoms with E-state index in [1.807, 2.05) is 13.3 Å². The van der Waals surface area contributed by atoms with Crippen molar-refractivity contribution < 1.29 is 0 Å². The molecule has 2 aromatic heterocycles. The Morgan fingerprint density at radius 2 is 2.11 bits per heavy atom. The first-order chi connectivity index (χ1) is 9.12. The molecule has 2 aromatic rings. The van der Waals surface area contributed by atoms with E-state index in [-0.39, 0.29) is 6.04 Å². The summed E-state index contributed by atoms with van der Waals surface area (Å²) in [7, 11) is 0. The van der Waals surface area contributed by atoms with Crippen LogP contribution in [0.15, 0.2) is 18.6 Å². The van der Waals surface area contributed by atoms with Crippen LogP contribution in [0, 0.1) is 0 Å². The summed E-state index contributed by atoms with van der Waals surface area (Å²) in [5.41, 5.74) is 9.21. The molecule has 0 saturated heterocycles. The van der Waals surface area contributed by atoms with Gasteiger partial charge in [0.25, 0.3) is 0 Å². The van der Waals surface area contributed by atoms with E-state index in [9.17, 15) is 0 Å². The van der Waals surface area contributed by atoms with E-state index >= 15 is 0 Å². The molecule has 19 heavy (non-hydrogen) atoms. The minimum atomic E-state index is 0.149. The third-order valence-electron chi connectivity index (χ3n) is 3.14. The molecule has 1 unspecified atom stereocenters. The fourth-order valence-corrected chi connectivity index (χ4v) is 2.20. The minimum absolute atomic E-state index is 0.149. The molecule has 5 heteroatoms. The van der Waals surface area contributed by atoms with Gasteiger partial charge in [-0.15, -0.1) is 0 Å². The van der Waals surface area contributed by atoms with Gasteiger partial charge < -0.3 is 10.3 Å². The normalized spacial score (nSPS) is 12.8. The molecule has 0 aromatic carbocycles. The van der Waals surface area contributed by atoms with Gasteiger partial charge in [-0.3, -0.25) is 4.68 Å². The first-order valence-electron chi connectivity index (χ1n) is 6.94. The Labute approximate surface area is 114 Å². The Kier molecular flexibility index (Phi) is 4.37. The minimum Gasteiger partial charge on any atom is -0.331 e. The maximum atomic E-state index is 5.79. The molecular formula is C14H23N5. The van der Waals surface area contributed by atoms with Gasteiger partial charge in [0.2, 0.25) is 0 Å². The van der Waals surface area contributed by atoms with Gasteiger partial charge in [0, 0.05) is 25.2 Å². The standard InChI is InChI=1S/C14H23N5/c1-4-12-7-14(19(5-2)17-12)9-18-8-13(16-10-18)6-11(3)15/h7-8,10-11H,4-6,9,15H2,1-3H3. The van der Waals surface area contributed by atoms with Crippen molar-refractivity contribution in [2.45, 2.75) is 52.7 Å². The zero-order chi connectivity index (χ0) is 13.8. The van der Waals surface area contributed by atoms with Gasteiger partial charge in [0.05, 0.1) is 30.0 Å². The molecule has 0 bridgehead atoms. The van der Waals surface area contributed by atoms with Crippen LogP contribution in [-0.4, -0.2) is 25.4 Å². The van der Waals surface area contributed by atoms with Gasteiger partial charge in [0.15, 0.2) is 0 Å². The number of hydrogen-bond acceptors (Lipinski definition) is 3. The monoisotopic (exact) mass is 261 g/mol. The van der Waals surface area contributed by atoms with Crippen molar-refractivity contribution in [3.05, 3.63) is 35.7 Å². The molecule has 0 spiro atoms. The highest BCUT2D eigenvalue weighted by Gasteiger charge is 2.07. The second-order valence-electron chi connectivity index (χ2n) is 5.02. The highest BCUT2D eigenvalue weighted by Crippen LogP contribution is 2.09. The summed E-state index contributed by atoms with van der Waals surface area (Å²) >= 11 is 0. The second kappa shape index (κ2) is 6.02. The third-order valence-corrected chi connectivity index (χ3v) is 3.14. The molecule has 0 radical (unpaired) electrons. The van der Waals surface area contributed by atoms with E-state index in [2.05, 4.69) is 45.4 Å². The maximum absolute atomic E-state index is 5.79. The van der Waals surface area contributed by atoms with E-state index in [4.69, 9.17) is 5.73 Å². The summed E-state index contributed by atoms with van der Waals surface area (Å²) in [6.45, 7) is 7.96. The number of nitrogens with zero attached hydrogens (tertiary/aromatic N) is 4. The maximum Gasteiger partial charge on any atom is 0.0953 e. The molecule has 0 fully saturated rings. The van der Waals surface area contributed by atoms with Gasteiger partial charge in [-0.1, -0.05) is 6.92 Å². The van der Waals surface area contributed by atoms with Crippen LogP contribution in [0.4, 0.5) is 0 Å². The summed E-state index contributed by atoms with van der Waals surface area (Å²) in [6.07, 6.45) is 5.73. The molecule has 2 heterocycles. The lowest BCUT2D eigenvalue weighted by molar-refractivity contribution is 0.594. The van der Waals surface area contributed by atoms with Crippen LogP contribution < -0.4 is 5.73 Å². The van der Waals surface area contributed by atoms with Crippen molar-refractivity contribution in [2.75, 3.05) is 0 Å². The number of imidazole rings is 1. The largest absolute Gasteiger partial charge is 0.331 e. The highest BCUT2D eigenvalue weighted by atomic mass is 15.3. The topological polar surface area (TPSA) is 61.7 Å². The average molecular weight is 261 g/mol. The second-order valence-corrected chi connectivity index (χ2v) is 5.02. The van der Waals surface area contributed by atoms with Crippen molar-refractivity contribution in [3.8, 4) is 0 Å². The number of hydrogen-bond donors (Lipinski definition) is 1. The van der Waals surface area contributed by atoms with Gasteiger partial charge in [-0.05, 0) is 26.3 Å². The Balaban J connectivity index is 2.12. The number of nitrogens with two attached hydrogens (primary N) is 1. The highest BCUT2D eigenvalue weighted by molar-refractivity contribution is 5.12. The molecule has 2 rings (SSSR count). The average Bonchev–Trinajstić information content (AvgIpc) is 2.96. The van der Waals surface area contributed by atoms with E-state index in [0.717, 1.165) is 37.3 Å². The lowest BCUT2D eigenvalue weighted by Gasteiger charge is -2.05. The summed E-state index contributed by atoms with van der Waals surface area (Å²) in [6, 6.07) is 2.32. The van der Waals surface area contributed by atoms with Crippen molar-refractivity contribution in [1.82, 2.24) is 19.3 Å². The van der Waals surface area contributed by atoms with Gasteiger partial charge in [0.1, 0.15) is 0 Å². The van der Waals surface area contributed by atoms with Crippen LogP contribution >= 0.6 is 0 Å². The summed E-state index contributed by atoms with van der Waals surface area (Å²) in [5, 5.41) is 4.56. The molecule has 0 aliphatic heterocycles. The third kappa shape index (κ3) is 3.44. The molecule has 0 aliphatic rings. The van der Waals surface area contributed by atoms with Crippen molar-refractivity contribution in [1.29, 1.82) is 0 Å². The first kappa shape index (κ1) is 13.8. The summed E-state index contributed by atoms with van der Waals surface area (Å²) < 4.78 is 4.16. The number of aromatic nitrogens is 4.